The van der Waals surface area contributed by atoms with Gasteiger partial charge in [-0.3, -0.25) is 4.21 Å². The minimum atomic E-state index is -1.16. The van der Waals surface area contributed by atoms with Crippen molar-refractivity contribution in [1.82, 2.24) is 0 Å². The van der Waals surface area contributed by atoms with E-state index in [1.165, 1.54) is 0 Å². The highest BCUT2D eigenvalue weighted by molar-refractivity contribution is 7.91. The molecule has 3 nitrogen and oxygen atoms in total. The quantitative estimate of drug-likeness (QED) is 0.805. The van der Waals surface area contributed by atoms with Crippen molar-refractivity contribution in [3.05, 3.63) is 70.5 Å². The second-order valence-electron chi connectivity index (χ2n) is 4.48. The van der Waals surface area contributed by atoms with Gasteiger partial charge in [0.15, 0.2) is 0 Å². The van der Waals surface area contributed by atoms with Crippen LogP contribution in [0.4, 0.5) is 0 Å². The van der Waals surface area contributed by atoms with Crippen molar-refractivity contribution >= 4 is 23.0 Å². The SMILES string of the molecule is COc1ccc(/C=C\S(=O)/C=C\c2ccc(OC)cc2)cc1. The highest BCUT2D eigenvalue weighted by Gasteiger charge is 1.93. The van der Waals surface area contributed by atoms with E-state index in [0.29, 0.717) is 0 Å². The third-order valence-corrected chi connectivity index (χ3v) is 3.83. The largest absolute Gasteiger partial charge is 0.497 e. The molecule has 0 aliphatic heterocycles. The number of rotatable bonds is 6. The molecule has 2 aromatic carbocycles. The van der Waals surface area contributed by atoms with Crippen LogP contribution in [0.2, 0.25) is 0 Å². The van der Waals surface area contributed by atoms with E-state index < -0.39 is 10.8 Å². The molecule has 4 heteroatoms. The Morgan fingerprint density at radius 3 is 1.41 bits per heavy atom. The first-order valence-corrected chi connectivity index (χ1v) is 8.03. The molecule has 114 valence electrons. The van der Waals surface area contributed by atoms with Gasteiger partial charge in [-0.25, -0.2) is 0 Å². The summed E-state index contributed by atoms with van der Waals surface area (Å²) in [4.78, 5) is 0. The molecule has 0 amide bonds. The average molecular weight is 314 g/mol. The fourth-order valence-electron chi connectivity index (χ4n) is 1.77. The lowest BCUT2D eigenvalue weighted by Gasteiger charge is -1.99. The van der Waals surface area contributed by atoms with Crippen molar-refractivity contribution in [3.8, 4) is 11.5 Å². The summed E-state index contributed by atoms with van der Waals surface area (Å²) in [6, 6.07) is 15.1. The van der Waals surface area contributed by atoms with Gasteiger partial charge in [0.2, 0.25) is 0 Å². The van der Waals surface area contributed by atoms with Crippen LogP contribution in [0.15, 0.2) is 59.3 Å². The van der Waals surface area contributed by atoms with E-state index in [2.05, 4.69) is 0 Å². The Morgan fingerprint density at radius 1 is 0.727 bits per heavy atom. The third kappa shape index (κ3) is 4.90. The first-order valence-electron chi connectivity index (χ1n) is 6.75. The zero-order valence-electron chi connectivity index (χ0n) is 12.6. The monoisotopic (exact) mass is 314 g/mol. The van der Waals surface area contributed by atoms with E-state index in [-0.39, 0.29) is 0 Å². The van der Waals surface area contributed by atoms with Crippen LogP contribution in [0.5, 0.6) is 11.5 Å². The highest BCUT2D eigenvalue weighted by atomic mass is 32.2. The number of benzene rings is 2. The standard InChI is InChI=1S/C18H18O3S/c1-20-17-7-3-15(4-8-17)11-13-22(19)14-12-16-5-9-18(21-2)10-6-16/h3-14H,1-2H3/b13-11-,14-12-. The maximum Gasteiger partial charge on any atom is 0.118 e. The molecule has 0 spiro atoms. The molecule has 0 aliphatic rings. The van der Waals surface area contributed by atoms with Crippen molar-refractivity contribution in [3.63, 3.8) is 0 Å². The van der Waals surface area contributed by atoms with Crippen LogP contribution in [0.25, 0.3) is 12.2 Å². The molecule has 0 aliphatic carbocycles. The Balaban J connectivity index is 1.95. The molecule has 22 heavy (non-hydrogen) atoms. The van der Waals surface area contributed by atoms with E-state index >= 15 is 0 Å². The van der Waals surface area contributed by atoms with Crippen LogP contribution in [-0.2, 0) is 10.8 Å². The summed E-state index contributed by atoms with van der Waals surface area (Å²) >= 11 is 0. The summed E-state index contributed by atoms with van der Waals surface area (Å²) in [6.45, 7) is 0. The Kier molecular flexibility index (Phi) is 5.98. The maximum atomic E-state index is 11.9. The van der Waals surface area contributed by atoms with Gasteiger partial charge in [-0.15, -0.1) is 0 Å². The van der Waals surface area contributed by atoms with Crippen molar-refractivity contribution in [2.45, 2.75) is 0 Å². The molecule has 0 N–H and O–H groups in total. The second kappa shape index (κ2) is 8.20. The van der Waals surface area contributed by atoms with E-state index in [4.69, 9.17) is 9.47 Å². The summed E-state index contributed by atoms with van der Waals surface area (Å²) in [6.07, 6.45) is 3.65. The van der Waals surface area contributed by atoms with Gasteiger partial charge in [0, 0.05) is 10.8 Å². The predicted molar refractivity (Wildman–Crippen MR) is 92.2 cm³/mol. The molecule has 2 aromatic rings. The van der Waals surface area contributed by atoms with E-state index in [9.17, 15) is 4.21 Å². The molecule has 0 bridgehead atoms. The fraction of sp³-hybridized carbons (Fsp3) is 0.111. The molecule has 0 fully saturated rings. The van der Waals surface area contributed by atoms with Gasteiger partial charge >= 0.3 is 0 Å². The zero-order valence-corrected chi connectivity index (χ0v) is 13.4. The first-order chi connectivity index (χ1) is 10.7. The minimum absolute atomic E-state index is 0.803. The lowest BCUT2D eigenvalue weighted by Crippen LogP contribution is -1.82. The van der Waals surface area contributed by atoms with Crippen molar-refractivity contribution in [1.29, 1.82) is 0 Å². The fourth-order valence-corrected chi connectivity index (χ4v) is 2.44. The van der Waals surface area contributed by atoms with E-state index in [1.807, 2.05) is 60.7 Å². The summed E-state index contributed by atoms with van der Waals surface area (Å²) < 4.78 is 22.1. The van der Waals surface area contributed by atoms with Gasteiger partial charge in [-0.2, -0.15) is 0 Å². The topological polar surface area (TPSA) is 35.5 Å². The lowest BCUT2D eigenvalue weighted by atomic mass is 10.2. The van der Waals surface area contributed by atoms with Gasteiger partial charge in [-0.05, 0) is 47.5 Å². The van der Waals surface area contributed by atoms with E-state index in [0.717, 1.165) is 22.6 Å². The molecule has 0 saturated carbocycles. The normalized spacial score (nSPS) is 11.4. The van der Waals surface area contributed by atoms with Gasteiger partial charge in [0.25, 0.3) is 0 Å². The van der Waals surface area contributed by atoms with Gasteiger partial charge in [-0.1, -0.05) is 24.3 Å². The molecule has 0 saturated heterocycles. The number of hydrogen-bond donors (Lipinski definition) is 0. The maximum absolute atomic E-state index is 11.9. The van der Waals surface area contributed by atoms with Crippen molar-refractivity contribution < 1.29 is 13.7 Å². The average Bonchev–Trinajstić information content (AvgIpc) is 2.59. The summed E-state index contributed by atoms with van der Waals surface area (Å²) in [5, 5.41) is 3.31. The Morgan fingerprint density at radius 2 is 1.09 bits per heavy atom. The lowest BCUT2D eigenvalue weighted by molar-refractivity contribution is 0.414. The Hall–Kier alpha value is -2.33. The van der Waals surface area contributed by atoms with Gasteiger partial charge < -0.3 is 9.47 Å². The van der Waals surface area contributed by atoms with Crippen LogP contribution < -0.4 is 9.47 Å². The van der Waals surface area contributed by atoms with Crippen LogP contribution in [0, 0.1) is 0 Å². The van der Waals surface area contributed by atoms with Crippen molar-refractivity contribution in [2.75, 3.05) is 14.2 Å². The predicted octanol–water partition coefficient (Wildman–Crippen LogP) is 4.09. The minimum Gasteiger partial charge on any atom is -0.497 e. The van der Waals surface area contributed by atoms with Crippen LogP contribution in [0.1, 0.15) is 11.1 Å². The molecule has 2 rings (SSSR count). The Bertz CT molecular complexity index is 611. The second-order valence-corrected chi connectivity index (χ2v) is 5.68. The van der Waals surface area contributed by atoms with Crippen molar-refractivity contribution in [2.24, 2.45) is 0 Å². The molecule has 0 radical (unpaired) electrons. The van der Waals surface area contributed by atoms with Crippen LogP contribution >= 0.6 is 0 Å². The molecule has 0 unspecified atom stereocenters. The zero-order chi connectivity index (χ0) is 15.8. The first kappa shape index (κ1) is 16.0. The summed E-state index contributed by atoms with van der Waals surface area (Å²) in [5.74, 6) is 1.61. The smallest absolute Gasteiger partial charge is 0.118 e. The van der Waals surface area contributed by atoms with Gasteiger partial charge in [0.1, 0.15) is 11.5 Å². The van der Waals surface area contributed by atoms with Gasteiger partial charge in [0.05, 0.1) is 25.0 Å². The van der Waals surface area contributed by atoms with Crippen LogP contribution in [-0.4, -0.2) is 18.4 Å². The summed E-state index contributed by atoms with van der Waals surface area (Å²) in [5.41, 5.74) is 1.96. The molecular weight excluding hydrogens is 296 g/mol. The number of ether oxygens (including phenoxy) is 2. The molecule has 0 heterocycles. The van der Waals surface area contributed by atoms with Crippen LogP contribution in [0.3, 0.4) is 0 Å². The summed E-state index contributed by atoms with van der Waals surface area (Å²) in [7, 11) is 2.10. The number of methoxy groups -OCH3 is 2. The number of hydrogen-bond acceptors (Lipinski definition) is 3. The third-order valence-electron chi connectivity index (χ3n) is 3.02. The Labute approximate surface area is 133 Å². The molecule has 0 aromatic heterocycles. The highest BCUT2D eigenvalue weighted by Crippen LogP contribution is 2.14. The van der Waals surface area contributed by atoms with E-state index in [1.54, 1.807) is 25.0 Å². The molecular formula is C18H18O3S. The molecule has 0 atom stereocenters.